The molecule has 6 heteroatoms. The highest BCUT2D eigenvalue weighted by Gasteiger charge is 2.50. The number of carbonyl (C=O) groups is 1. The molecule has 5 nitrogen and oxygen atoms in total. The van der Waals surface area contributed by atoms with Crippen LogP contribution in [0.15, 0.2) is 0 Å². The fourth-order valence-electron chi connectivity index (χ4n) is 2.91. The minimum absolute atomic E-state index is 0.0196. The van der Waals surface area contributed by atoms with Crippen LogP contribution in [-0.2, 0) is 11.4 Å². The van der Waals surface area contributed by atoms with E-state index in [-0.39, 0.29) is 16.2 Å². The van der Waals surface area contributed by atoms with Crippen LogP contribution in [0, 0.1) is 5.41 Å². The van der Waals surface area contributed by atoms with E-state index in [2.05, 4.69) is 4.72 Å². The number of hydrogen-bond acceptors (Lipinski definition) is 3. The Morgan fingerprint density at radius 1 is 1.42 bits per heavy atom. The lowest BCUT2D eigenvalue weighted by Gasteiger charge is -2.52. The molecule has 110 valence electrons. The zero-order valence-corrected chi connectivity index (χ0v) is 12.8. The Morgan fingerprint density at radius 2 is 2.05 bits per heavy atom. The molecule has 19 heavy (non-hydrogen) atoms. The first-order valence-corrected chi connectivity index (χ1v) is 8.05. The predicted molar refractivity (Wildman–Crippen MR) is 75.3 cm³/mol. The van der Waals surface area contributed by atoms with E-state index in [0.29, 0.717) is 13.1 Å². The van der Waals surface area contributed by atoms with E-state index >= 15 is 0 Å². The summed E-state index contributed by atoms with van der Waals surface area (Å²) in [5, 5.41) is 9.13. The molecule has 2 N–H and O–H groups in total. The smallest absolute Gasteiger partial charge is 0.407 e. The Bertz CT molecular complexity index is 352. The monoisotopic (exact) mass is 288 g/mol. The van der Waals surface area contributed by atoms with E-state index < -0.39 is 17.5 Å². The van der Waals surface area contributed by atoms with Crippen molar-refractivity contribution in [2.24, 2.45) is 5.41 Å². The van der Waals surface area contributed by atoms with Crippen molar-refractivity contribution in [2.45, 2.75) is 57.2 Å². The van der Waals surface area contributed by atoms with Crippen LogP contribution < -0.4 is 4.72 Å². The number of hydrogen-bond donors (Lipinski definition) is 2. The van der Waals surface area contributed by atoms with Gasteiger partial charge < -0.3 is 14.6 Å². The number of carboxylic acid groups (broad SMARTS) is 1. The Hall–Kier alpha value is -0.460. The van der Waals surface area contributed by atoms with Crippen molar-refractivity contribution in [3.63, 3.8) is 0 Å². The first kappa shape index (κ1) is 14.9. The molecule has 0 radical (unpaired) electrons. The maximum atomic E-state index is 12.3. The second-order valence-corrected chi connectivity index (χ2v) is 8.74. The van der Waals surface area contributed by atoms with Gasteiger partial charge in [-0.05, 0) is 45.4 Å². The topological polar surface area (TPSA) is 75.6 Å². The number of amides is 1. The molecule has 2 rings (SSSR count). The molecule has 2 aliphatic rings. The molecule has 2 atom stereocenters. The third-order valence-corrected chi connectivity index (χ3v) is 6.06. The number of piperidine rings is 1. The molecule has 2 unspecified atom stereocenters. The Labute approximate surface area is 118 Å². The standard InChI is InChI=1S/C13H24N2O3S/c1-12(2,3)19(18)14-10-9-15(11(16)17)8-7-13(10)5-4-6-13/h10,14H,4-9H2,1-3H3,(H,16,17). The summed E-state index contributed by atoms with van der Waals surface area (Å²) in [6.45, 7) is 6.86. The lowest BCUT2D eigenvalue weighted by atomic mass is 9.61. The van der Waals surface area contributed by atoms with Crippen molar-refractivity contribution in [1.82, 2.24) is 9.62 Å². The zero-order valence-electron chi connectivity index (χ0n) is 11.9. The van der Waals surface area contributed by atoms with Crippen LogP contribution in [0.2, 0.25) is 0 Å². The van der Waals surface area contributed by atoms with Gasteiger partial charge in [0.05, 0.1) is 6.04 Å². The van der Waals surface area contributed by atoms with E-state index in [4.69, 9.17) is 5.11 Å². The number of rotatable bonds is 2. The summed E-state index contributed by atoms with van der Waals surface area (Å²) < 4.78 is 15.2. The molecule has 1 heterocycles. The first-order valence-electron chi connectivity index (χ1n) is 6.90. The van der Waals surface area contributed by atoms with Crippen LogP contribution in [0.3, 0.4) is 0 Å². The molecule has 0 aromatic rings. The van der Waals surface area contributed by atoms with Crippen molar-refractivity contribution in [2.75, 3.05) is 13.1 Å². The molecule has 2 fully saturated rings. The van der Waals surface area contributed by atoms with Crippen LogP contribution in [0.5, 0.6) is 0 Å². The SMILES string of the molecule is CC(C)(C)[S+]([O-])NC1CN(C(=O)O)CCC12CCC2. The largest absolute Gasteiger partial charge is 0.598 e. The van der Waals surface area contributed by atoms with Gasteiger partial charge in [0.25, 0.3) is 0 Å². The van der Waals surface area contributed by atoms with Crippen molar-refractivity contribution in [3.8, 4) is 0 Å². The summed E-state index contributed by atoms with van der Waals surface area (Å²) in [5.41, 5.74) is 0.173. The molecule has 0 aromatic carbocycles. The van der Waals surface area contributed by atoms with E-state index in [1.165, 1.54) is 11.3 Å². The summed E-state index contributed by atoms with van der Waals surface area (Å²) in [4.78, 5) is 12.6. The summed E-state index contributed by atoms with van der Waals surface area (Å²) in [6.07, 6.45) is 3.47. The van der Waals surface area contributed by atoms with Gasteiger partial charge in [-0.3, -0.25) is 0 Å². The van der Waals surface area contributed by atoms with Gasteiger partial charge in [-0.25, -0.2) is 4.79 Å². The molecule has 1 amide bonds. The summed E-state index contributed by atoms with van der Waals surface area (Å²) in [7, 11) is 0. The summed E-state index contributed by atoms with van der Waals surface area (Å²) >= 11 is -1.15. The highest BCUT2D eigenvalue weighted by atomic mass is 32.2. The molecule has 0 aromatic heterocycles. The van der Waals surface area contributed by atoms with Gasteiger partial charge >= 0.3 is 6.09 Å². The van der Waals surface area contributed by atoms with Crippen molar-refractivity contribution in [3.05, 3.63) is 0 Å². The molecule has 1 aliphatic carbocycles. The minimum atomic E-state index is -1.15. The summed E-state index contributed by atoms with van der Waals surface area (Å²) in [6, 6.07) is 0.0196. The van der Waals surface area contributed by atoms with E-state index in [1.54, 1.807) is 0 Å². The van der Waals surface area contributed by atoms with Crippen molar-refractivity contribution < 1.29 is 14.5 Å². The molecular weight excluding hydrogens is 264 g/mol. The average molecular weight is 288 g/mol. The second kappa shape index (κ2) is 5.14. The Kier molecular flexibility index (Phi) is 4.05. The minimum Gasteiger partial charge on any atom is -0.598 e. The van der Waals surface area contributed by atoms with Crippen LogP contribution in [0.25, 0.3) is 0 Å². The van der Waals surface area contributed by atoms with Crippen LogP contribution in [0.4, 0.5) is 4.79 Å². The van der Waals surface area contributed by atoms with Crippen molar-refractivity contribution in [1.29, 1.82) is 0 Å². The third kappa shape index (κ3) is 3.01. The maximum Gasteiger partial charge on any atom is 0.407 e. The fraction of sp³-hybridized carbons (Fsp3) is 0.923. The van der Waals surface area contributed by atoms with Crippen LogP contribution >= 0.6 is 0 Å². The van der Waals surface area contributed by atoms with Gasteiger partial charge in [-0.1, -0.05) is 6.42 Å². The van der Waals surface area contributed by atoms with E-state index in [1.807, 2.05) is 20.8 Å². The Morgan fingerprint density at radius 3 is 2.47 bits per heavy atom. The molecule has 0 bridgehead atoms. The molecule has 1 saturated carbocycles. The normalized spacial score (nSPS) is 28.0. The zero-order chi connectivity index (χ0) is 14.3. The van der Waals surface area contributed by atoms with Gasteiger partial charge in [0.2, 0.25) is 0 Å². The van der Waals surface area contributed by atoms with Gasteiger partial charge in [-0.15, -0.1) is 4.72 Å². The van der Waals surface area contributed by atoms with Crippen LogP contribution in [0.1, 0.15) is 46.5 Å². The van der Waals surface area contributed by atoms with Gasteiger partial charge in [0.15, 0.2) is 0 Å². The molecule has 1 aliphatic heterocycles. The Balaban J connectivity index is 2.06. The lowest BCUT2D eigenvalue weighted by Crippen LogP contribution is -2.63. The van der Waals surface area contributed by atoms with E-state index in [0.717, 1.165) is 19.3 Å². The quantitative estimate of drug-likeness (QED) is 0.762. The highest BCUT2D eigenvalue weighted by Crippen LogP contribution is 2.49. The maximum absolute atomic E-state index is 12.3. The molecule has 1 saturated heterocycles. The van der Waals surface area contributed by atoms with Gasteiger partial charge in [-0.2, -0.15) is 0 Å². The second-order valence-electron chi connectivity index (χ2n) is 6.75. The average Bonchev–Trinajstić information content (AvgIpc) is 2.25. The van der Waals surface area contributed by atoms with Gasteiger partial charge in [0, 0.05) is 24.5 Å². The summed E-state index contributed by atoms with van der Waals surface area (Å²) in [5.74, 6) is 0. The number of nitrogens with one attached hydrogen (secondary N) is 1. The number of likely N-dealkylation sites (tertiary alicyclic amines) is 1. The molecule has 1 spiro atoms. The number of nitrogens with zero attached hydrogens (tertiary/aromatic N) is 1. The van der Waals surface area contributed by atoms with Crippen LogP contribution in [-0.4, -0.2) is 44.5 Å². The van der Waals surface area contributed by atoms with Gasteiger partial charge in [0.1, 0.15) is 4.75 Å². The lowest BCUT2D eigenvalue weighted by molar-refractivity contribution is 0.00828. The third-order valence-electron chi connectivity index (χ3n) is 4.45. The highest BCUT2D eigenvalue weighted by molar-refractivity contribution is 7.90. The first-order chi connectivity index (χ1) is 8.74. The fourth-order valence-corrected chi connectivity index (χ4v) is 3.85. The van der Waals surface area contributed by atoms with E-state index in [9.17, 15) is 9.35 Å². The predicted octanol–water partition coefficient (Wildman–Crippen LogP) is 1.96. The van der Waals surface area contributed by atoms with Crippen molar-refractivity contribution >= 4 is 17.5 Å². The molecular formula is C13H24N2O3S.